The Kier molecular flexibility index (Phi) is 5.78. The molecule has 0 aliphatic carbocycles. The number of rotatable bonds is 6. The molecule has 6 heteroatoms. The molecular formula is C15H25N3O3. The zero-order valence-electron chi connectivity index (χ0n) is 12.9. The van der Waals surface area contributed by atoms with E-state index in [9.17, 15) is 4.79 Å². The van der Waals surface area contributed by atoms with Gasteiger partial charge in [0.05, 0.1) is 18.7 Å². The van der Waals surface area contributed by atoms with E-state index in [0.29, 0.717) is 23.9 Å². The lowest BCUT2D eigenvalue weighted by Crippen LogP contribution is -2.55. The first-order valence-electron chi connectivity index (χ1n) is 7.49. The van der Waals surface area contributed by atoms with E-state index in [1.807, 2.05) is 4.90 Å². The number of amides is 1. The summed E-state index contributed by atoms with van der Waals surface area (Å²) in [6.45, 7) is 6.49. The molecule has 0 aromatic carbocycles. The van der Waals surface area contributed by atoms with Crippen LogP contribution in [0.25, 0.3) is 0 Å². The van der Waals surface area contributed by atoms with Gasteiger partial charge in [-0.15, -0.1) is 0 Å². The van der Waals surface area contributed by atoms with E-state index in [2.05, 4.69) is 11.8 Å². The quantitative estimate of drug-likeness (QED) is 0.845. The molecule has 0 spiro atoms. The van der Waals surface area contributed by atoms with Crippen LogP contribution in [0.2, 0.25) is 0 Å². The molecule has 1 aromatic heterocycles. The van der Waals surface area contributed by atoms with Gasteiger partial charge in [0.25, 0.3) is 5.91 Å². The van der Waals surface area contributed by atoms with Gasteiger partial charge in [0.1, 0.15) is 12.0 Å². The minimum absolute atomic E-state index is 0.0308. The van der Waals surface area contributed by atoms with Gasteiger partial charge in [0.15, 0.2) is 0 Å². The molecule has 1 fully saturated rings. The number of hydrogen-bond acceptors (Lipinski definition) is 5. The smallest absolute Gasteiger partial charge is 0.257 e. The molecule has 1 unspecified atom stereocenters. The fraction of sp³-hybridized carbons (Fsp3) is 0.667. The van der Waals surface area contributed by atoms with Gasteiger partial charge in [-0.2, -0.15) is 0 Å². The van der Waals surface area contributed by atoms with Gasteiger partial charge in [-0.1, -0.05) is 6.92 Å². The lowest BCUT2D eigenvalue weighted by Gasteiger charge is -2.41. The molecule has 1 saturated heterocycles. The number of methoxy groups -OCH3 is 1. The second-order valence-electron chi connectivity index (χ2n) is 5.35. The van der Waals surface area contributed by atoms with E-state index in [1.165, 1.54) is 6.26 Å². The van der Waals surface area contributed by atoms with Crippen LogP contribution in [0.15, 0.2) is 16.7 Å². The molecule has 2 rings (SSSR count). The van der Waals surface area contributed by atoms with Crippen molar-refractivity contribution in [3.8, 4) is 0 Å². The van der Waals surface area contributed by atoms with Crippen molar-refractivity contribution in [1.82, 2.24) is 9.80 Å². The van der Waals surface area contributed by atoms with E-state index < -0.39 is 0 Å². The highest BCUT2D eigenvalue weighted by Gasteiger charge is 2.29. The standard InChI is InChI=1S/C15H25N3O3/c1-3-13-10-18(5-4-17(13)6-7-20-2)15(19)12-8-14(9-16)21-11-12/h8,11,13H,3-7,9-10,16H2,1-2H3. The Balaban J connectivity index is 1.97. The molecule has 1 aliphatic heterocycles. The van der Waals surface area contributed by atoms with Gasteiger partial charge in [-0.05, 0) is 12.5 Å². The van der Waals surface area contributed by atoms with Crippen LogP contribution in [0.1, 0.15) is 29.5 Å². The second kappa shape index (κ2) is 7.59. The van der Waals surface area contributed by atoms with Crippen LogP contribution in [0.5, 0.6) is 0 Å². The summed E-state index contributed by atoms with van der Waals surface area (Å²) in [6.07, 6.45) is 2.52. The summed E-state index contributed by atoms with van der Waals surface area (Å²) >= 11 is 0. The van der Waals surface area contributed by atoms with E-state index in [4.69, 9.17) is 14.9 Å². The fourth-order valence-electron chi connectivity index (χ4n) is 2.75. The molecule has 118 valence electrons. The van der Waals surface area contributed by atoms with E-state index in [1.54, 1.807) is 13.2 Å². The average molecular weight is 295 g/mol. The van der Waals surface area contributed by atoms with Crippen molar-refractivity contribution in [3.63, 3.8) is 0 Å². The van der Waals surface area contributed by atoms with Crippen molar-refractivity contribution in [1.29, 1.82) is 0 Å². The third-order valence-corrected chi connectivity index (χ3v) is 4.05. The second-order valence-corrected chi connectivity index (χ2v) is 5.35. The summed E-state index contributed by atoms with van der Waals surface area (Å²) in [5.74, 6) is 0.674. The molecule has 1 aromatic rings. The first-order valence-corrected chi connectivity index (χ1v) is 7.49. The highest BCUT2D eigenvalue weighted by Crippen LogP contribution is 2.17. The summed E-state index contributed by atoms with van der Waals surface area (Å²) in [5, 5.41) is 0. The third kappa shape index (κ3) is 3.84. The van der Waals surface area contributed by atoms with Crippen LogP contribution >= 0.6 is 0 Å². The molecule has 0 radical (unpaired) electrons. The van der Waals surface area contributed by atoms with Crippen molar-refractivity contribution in [2.24, 2.45) is 5.73 Å². The SMILES string of the molecule is CCC1CN(C(=O)c2coc(CN)c2)CCN1CCOC. The van der Waals surface area contributed by atoms with Gasteiger partial charge in [-0.25, -0.2) is 0 Å². The normalized spacial score (nSPS) is 20.0. The molecule has 0 saturated carbocycles. The number of ether oxygens (including phenoxy) is 1. The lowest BCUT2D eigenvalue weighted by molar-refractivity contribution is 0.0384. The number of nitrogens with zero attached hydrogens (tertiary/aromatic N) is 2. The molecule has 1 amide bonds. The van der Waals surface area contributed by atoms with Crippen LogP contribution in [-0.2, 0) is 11.3 Å². The number of carbonyl (C=O) groups is 1. The summed E-state index contributed by atoms with van der Waals surface area (Å²) in [5.41, 5.74) is 6.11. The molecule has 6 nitrogen and oxygen atoms in total. The Morgan fingerprint density at radius 2 is 2.33 bits per heavy atom. The Labute approximate surface area is 125 Å². The Hall–Kier alpha value is -1.37. The summed E-state index contributed by atoms with van der Waals surface area (Å²) in [7, 11) is 1.72. The van der Waals surface area contributed by atoms with Crippen LogP contribution in [0.4, 0.5) is 0 Å². The highest BCUT2D eigenvalue weighted by molar-refractivity contribution is 5.94. The van der Waals surface area contributed by atoms with E-state index >= 15 is 0 Å². The number of carbonyl (C=O) groups excluding carboxylic acids is 1. The Bertz CT molecular complexity index is 461. The van der Waals surface area contributed by atoms with Crippen LogP contribution < -0.4 is 5.73 Å². The molecule has 0 bridgehead atoms. The predicted molar refractivity (Wildman–Crippen MR) is 80.0 cm³/mol. The van der Waals surface area contributed by atoms with E-state index in [0.717, 1.165) is 39.2 Å². The fourth-order valence-corrected chi connectivity index (χ4v) is 2.75. The minimum atomic E-state index is 0.0308. The largest absolute Gasteiger partial charge is 0.467 e. The maximum atomic E-state index is 12.5. The van der Waals surface area contributed by atoms with Crippen LogP contribution in [0, 0.1) is 0 Å². The van der Waals surface area contributed by atoms with Gasteiger partial charge in [-0.3, -0.25) is 9.69 Å². The van der Waals surface area contributed by atoms with Crippen molar-refractivity contribution in [2.75, 3.05) is 39.9 Å². The first-order chi connectivity index (χ1) is 10.2. The van der Waals surface area contributed by atoms with E-state index in [-0.39, 0.29) is 5.91 Å². The zero-order chi connectivity index (χ0) is 15.2. The third-order valence-electron chi connectivity index (χ3n) is 4.05. The number of piperazine rings is 1. The number of nitrogens with two attached hydrogens (primary N) is 1. The number of hydrogen-bond donors (Lipinski definition) is 1. The minimum Gasteiger partial charge on any atom is -0.467 e. The Morgan fingerprint density at radius 3 is 2.95 bits per heavy atom. The van der Waals surface area contributed by atoms with Gasteiger partial charge < -0.3 is 19.8 Å². The molecule has 1 atom stereocenters. The predicted octanol–water partition coefficient (Wildman–Crippen LogP) is 0.921. The molecular weight excluding hydrogens is 270 g/mol. The van der Waals surface area contributed by atoms with Crippen molar-refractivity contribution in [2.45, 2.75) is 25.9 Å². The van der Waals surface area contributed by atoms with Crippen molar-refractivity contribution in [3.05, 3.63) is 23.7 Å². The number of furan rings is 1. The van der Waals surface area contributed by atoms with Crippen molar-refractivity contribution >= 4 is 5.91 Å². The zero-order valence-corrected chi connectivity index (χ0v) is 12.9. The van der Waals surface area contributed by atoms with Gasteiger partial charge in [0, 0.05) is 39.3 Å². The highest BCUT2D eigenvalue weighted by atomic mass is 16.5. The molecule has 2 heterocycles. The maximum Gasteiger partial charge on any atom is 0.257 e. The maximum absolute atomic E-state index is 12.5. The summed E-state index contributed by atoms with van der Waals surface area (Å²) in [6, 6.07) is 2.12. The molecule has 1 aliphatic rings. The molecule has 2 N–H and O–H groups in total. The average Bonchev–Trinajstić information content (AvgIpc) is 3.01. The summed E-state index contributed by atoms with van der Waals surface area (Å²) in [4.78, 5) is 16.8. The monoisotopic (exact) mass is 295 g/mol. The van der Waals surface area contributed by atoms with Gasteiger partial charge in [0.2, 0.25) is 0 Å². The topological polar surface area (TPSA) is 71.9 Å². The first kappa shape index (κ1) is 16.0. The van der Waals surface area contributed by atoms with Crippen molar-refractivity contribution < 1.29 is 13.9 Å². The van der Waals surface area contributed by atoms with Crippen LogP contribution in [-0.4, -0.2) is 61.6 Å². The summed E-state index contributed by atoms with van der Waals surface area (Å²) < 4.78 is 10.4. The molecule has 21 heavy (non-hydrogen) atoms. The van der Waals surface area contributed by atoms with Gasteiger partial charge >= 0.3 is 0 Å². The van der Waals surface area contributed by atoms with Crippen LogP contribution in [0.3, 0.4) is 0 Å². The Morgan fingerprint density at radius 1 is 1.52 bits per heavy atom. The lowest BCUT2D eigenvalue weighted by atomic mass is 10.1.